The summed E-state index contributed by atoms with van der Waals surface area (Å²) in [6.45, 7) is 1.90. The Morgan fingerprint density at radius 3 is 2.39 bits per heavy atom. The van der Waals surface area contributed by atoms with Gasteiger partial charge in [-0.05, 0) is 38.1 Å². The van der Waals surface area contributed by atoms with Crippen LogP contribution in [0.1, 0.15) is 24.2 Å². The number of carbonyl (C=O) groups excluding carboxylic acids is 2. The Kier molecular flexibility index (Phi) is 6.98. The van der Waals surface area contributed by atoms with E-state index in [1.165, 1.54) is 0 Å². The monoisotopic (exact) mass is 480 g/mol. The van der Waals surface area contributed by atoms with Gasteiger partial charge in [0.2, 0.25) is 15.4 Å². The SMILES string of the molecule is CCOC(=O)c1cncc(S(=O)(=O)c2ccc(NC(=O)C(C)(O)C(F)(F)F)c(Cl)c2)c1. The number of pyridine rings is 1. The van der Waals surface area contributed by atoms with E-state index in [9.17, 15) is 36.3 Å². The summed E-state index contributed by atoms with van der Waals surface area (Å²) in [7, 11) is -4.23. The molecule has 13 heteroatoms. The van der Waals surface area contributed by atoms with Crippen LogP contribution in [-0.2, 0) is 19.4 Å². The average Bonchev–Trinajstić information content (AvgIpc) is 2.68. The molecule has 0 aliphatic carbocycles. The van der Waals surface area contributed by atoms with Crippen molar-refractivity contribution in [1.82, 2.24) is 4.98 Å². The molecule has 2 rings (SSSR count). The highest BCUT2D eigenvalue weighted by Gasteiger charge is 2.55. The molecule has 0 saturated carbocycles. The number of hydrogen-bond donors (Lipinski definition) is 2. The molecule has 0 spiro atoms. The minimum atomic E-state index is -5.25. The Balaban J connectivity index is 2.35. The van der Waals surface area contributed by atoms with Crippen molar-refractivity contribution in [3.05, 3.63) is 47.2 Å². The van der Waals surface area contributed by atoms with E-state index in [0.717, 1.165) is 36.7 Å². The summed E-state index contributed by atoms with van der Waals surface area (Å²) in [6, 6.07) is 3.88. The van der Waals surface area contributed by atoms with Gasteiger partial charge in [-0.3, -0.25) is 9.78 Å². The fourth-order valence-corrected chi connectivity index (χ4v) is 3.73. The number of aromatic nitrogens is 1. The molecule has 1 amide bonds. The second kappa shape index (κ2) is 8.81. The lowest BCUT2D eigenvalue weighted by atomic mass is 10.1. The third-order valence-corrected chi connectivity index (χ3v) is 6.06. The Bertz CT molecular complexity index is 1120. The van der Waals surface area contributed by atoms with Gasteiger partial charge in [-0.1, -0.05) is 11.6 Å². The van der Waals surface area contributed by atoms with Crippen molar-refractivity contribution in [3.63, 3.8) is 0 Å². The molecule has 0 aliphatic rings. The minimum Gasteiger partial charge on any atom is -0.462 e. The zero-order chi connectivity index (χ0) is 23.6. The van der Waals surface area contributed by atoms with Crippen LogP contribution in [-0.4, -0.2) is 48.8 Å². The number of carbonyl (C=O) groups is 2. The van der Waals surface area contributed by atoms with Crippen LogP contribution < -0.4 is 5.32 Å². The molecule has 0 saturated heterocycles. The summed E-state index contributed by atoms with van der Waals surface area (Å²) in [4.78, 5) is 26.6. The molecule has 2 aromatic rings. The maximum absolute atomic E-state index is 12.8. The van der Waals surface area contributed by atoms with Gasteiger partial charge in [-0.15, -0.1) is 0 Å². The molecule has 31 heavy (non-hydrogen) atoms. The summed E-state index contributed by atoms with van der Waals surface area (Å²) in [5.74, 6) is -2.58. The molecule has 168 valence electrons. The minimum absolute atomic E-state index is 0.0693. The Hall–Kier alpha value is -2.70. The number of rotatable bonds is 6. The molecule has 1 atom stereocenters. The molecule has 8 nitrogen and oxygen atoms in total. The first kappa shape index (κ1) is 24.6. The van der Waals surface area contributed by atoms with E-state index in [1.807, 2.05) is 0 Å². The van der Waals surface area contributed by atoms with Gasteiger partial charge in [-0.25, -0.2) is 13.2 Å². The van der Waals surface area contributed by atoms with E-state index >= 15 is 0 Å². The number of ether oxygens (including phenoxy) is 1. The van der Waals surface area contributed by atoms with Crippen LogP contribution in [0.3, 0.4) is 0 Å². The molecular formula is C18H16ClF3N2O6S. The van der Waals surface area contributed by atoms with Crippen LogP contribution in [0.2, 0.25) is 5.02 Å². The topological polar surface area (TPSA) is 123 Å². The van der Waals surface area contributed by atoms with E-state index in [1.54, 1.807) is 12.2 Å². The Morgan fingerprint density at radius 1 is 1.19 bits per heavy atom. The van der Waals surface area contributed by atoms with E-state index < -0.39 is 38.5 Å². The fraction of sp³-hybridized carbons (Fsp3) is 0.278. The van der Waals surface area contributed by atoms with Gasteiger partial charge in [0.05, 0.1) is 32.7 Å². The maximum atomic E-state index is 12.8. The van der Waals surface area contributed by atoms with Crippen LogP contribution in [0.25, 0.3) is 0 Å². The van der Waals surface area contributed by atoms with Gasteiger partial charge in [0, 0.05) is 12.4 Å². The number of aliphatic hydroxyl groups is 1. The van der Waals surface area contributed by atoms with Crippen molar-refractivity contribution < 1.29 is 41.0 Å². The Morgan fingerprint density at radius 2 is 1.84 bits per heavy atom. The van der Waals surface area contributed by atoms with E-state index in [4.69, 9.17) is 16.3 Å². The van der Waals surface area contributed by atoms with Crippen LogP contribution in [0.5, 0.6) is 0 Å². The molecule has 1 heterocycles. The molecular weight excluding hydrogens is 465 g/mol. The van der Waals surface area contributed by atoms with Crippen molar-refractivity contribution in [2.75, 3.05) is 11.9 Å². The first-order valence-electron chi connectivity index (χ1n) is 8.49. The predicted octanol–water partition coefficient (Wildman–Crippen LogP) is 3.00. The lowest BCUT2D eigenvalue weighted by Crippen LogP contribution is -2.52. The van der Waals surface area contributed by atoms with Crippen molar-refractivity contribution in [2.45, 2.75) is 35.4 Å². The fourth-order valence-electron chi connectivity index (χ4n) is 2.17. The highest BCUT2D eigenvalue weighted by atomic mass is 35.5. The predicted molar refractivity (Wildman–Crippen MR) is 102 cm³/mol. The number of nitrogens with one attached hydrogen (secondary N) is 1. The third kappa shape index (κ3) is 5.14. The largest absolute Gasteiger partial charge is 0.462 e. The quantitative estimate of drug-likeness (QED) is 0.609. The van der Waals surface area contributed by atoms with Crippen molar-refractivity contribution in [1.29, 1.82) is 0 Å². The summed E-state index contributed by atoms with van der Waals surface area (Å²) >= 11 is 5.92. The third-order valence-electron chi connectivity index (χ3n) is 4.03. The number of hydrogen-bond acceptors (Lipinski definition) is 7. The zero-order valence-electron chi connectivity index (χ0n) is 16.0. The second-order valence-electron chi connectivity index (χ2n) is 6.30. The van der Waals surface area contributed by atoms with Crippen molar-refractivity contribution >= 4 is 39.0 Å². The van der Waals surface area contributed by atoms with Crippen LogP contribution in [0.15, 0.2) is 46.5 Å². The molecule has 0 radical (unpaired) electrons. The summed E-state index contributed by atoms with van der Waals surface area (Å²) in [5.41, 5.74) is -4.15. The number of amides is 1. The molecule has 2 N–H and O–H groups in total. The van der Waals surface area contributed by atoms with Gasteiger partial charge in [0.25, 0.3) is 5.91 Å². The van der Waals surface area contributed by atoms with Crippen LogP contribution >= 0.6 is 11.6 Å². The van der Waals surface area contributed by atoms with E-state index in [0.29, 0.717) is 0 Å². The normalized spacial score (nSPS) is 13.9. The standard InChI is InChI=1S/C18H16ClF3N2O6S/c1-3-30-15(25)10-6-12(9-23-8-10)31(28,29)11-4-5-14(13(19)7-11)24-16(26)17(2,27)18(20,21)22/h4-9,27H,3H2,1-2H3,(H,24,26). The number of esters is 1. The zero-order valence-corrected chi connectivity index (χ0v) is 17.6. The van der Waals surface area contributed by atoms with Gasteiger partial charge in [0.1, 0.15) is 0 Å². The number of alkyl halides is 3. The number of anilines is 1. The van der Waals surface area contributed by atoms with Gasteiger partial charge in [-0.2, -0.15) is 13.2 Å². The van der Waals surface area contributed by atoms with Gasteiger partial charge < -0.3 is 15.2 Å². The van der Waals surface area contributed by atoms with E-state index in [2.05, 4.69) is 4.98 Å². The highest BCUT2D eigenvalue weighted by Crippen LogP contribution is 2.33. The summed E-state index contributed by atoms with van der Waals surface area (Å²) in [6.07, 6.45) is -3.14. The van der Waals surface area contributed by atoms with Crippen molar-refractivity contribution in [2.24, 2.45) is 0 Å². The molecule has 0 fully saturated rings. The lowest BCUT2D eigenvalue weighted by molar-refractivity contribution is -0.242. The molecule has 1 aromatic carbocycles. The molecule has 1 unspecified atom stereocenters. The number of sulfone groups is 1. The average molecular weight is 481 g/mol. The van der Waals surface area contributed by atoms with Gasteiger partial charge in [0.15, 0.2) is 0 Å². The van der Waals surface area contributed by atoms with Crippen molar-refractivity contribution in [3.8, 4) is 0 Å². The molecule has 0 aliphatic heterocycles. The number of nitrogens with zero attached hydrogens (tertiary/aromatic N) is 1. The first-order chi connectivity index (χ1) is 14.2. The highest BCUT2D eigenvalue weighted by molar-refractivity contribution is 7.91. The van der Waals surface area contributed by atoms with Crippen LogP contribution in [0, 0.1) is 0 Å². The number of halogens is 4. The maximum Gasteiger partial charge on any atom is 0.426 e. The molecule has 1 aromatic heterocycles. The lowest BCUT2D eigenvalue weighted by Gasteiger charge is -2.25. The van der Waals surface area contributed by atoms with Gasteiger partial charge >= 0.3 is 12.1 Å². The summed E-state index contributed by atoms with van der Waals surface area (Å²) in [5, 5.41) is 10.8. The Labute approximate surface area is 179 Å². The molecule has 0 bridgehead atoms. The number of benzene rings is 1. The smallest absolute Gasteiger partial charge is 0.426 e. The van der Waals surface area contributed by atoms with Crippen LogP contribution in [0.4, 0.5) is 18.9 Å². The summed E-state index contributed by atoms with van der Waals surface area (Å²) < 4.78 is 68.7. The first-order valence-corrected chi connectivity index (χ1v) is 10.3. The van der Waals surface area contributed by atoms with E-state index in [-0.39, 0.29) is 34.6 Å². The second-order valence-corrected chi connectivity index (χ2v) is 8.66.